The number of carbonyl (C=O) groups excluding carboxylic acids is 3. The van der Waals surface area contributed by atoms with E-state index in [2.05, 4.69) is 15.3 Å². The fourth-order valence-corrected chi connectivity index (χ4v) is 4.27. The van der Waals surface area contributed by atoms with Crippen molar-refractivity contribution in [2.24, 2.45) is 16.3 Å². The van der Waals surface area contributed by atoms with Crippen LogP contribution in [0.1, 0.15) is 32.8 Å². The Kier molecular flexibility index (Phi) is 7.99. The van der Waals surface area contributed by atoms with Crippen molar-refractivity contribution < 1.29 is 19.1 Å². The van der Waals surface area contributed by atoms with Gasteiger partial charge in [-0.25, -0.2) is 4.79 Å². The number of nitrogens with zero attached hydrogens (tertiary/aromatic N) is 4. The fraction of sp³-hybridized carbons (Fsp3) is 0.480. The van der Waals surface area contributed by atoms with Crippen molar-refractivity contribution in [3.63, 3.8) is 0 Å². The Bertz CT molecular complexity index is 1150. The standard InChI is InChI=1S/C25H32N6O4/c1-25(2,3)21(26)23(33)31-12-11-18(29-30-27)20(31)22(32)28-19(24(34)35-4)14-15-9-10-16-7-5-6-8-17(16)13-15/h5-10,13,18-21H,11-12,14,26H2,1-4H3,(H,28,32)/t18-,19+,20+,21-/m1/s1. The average Bonchev–Trinajstić information content (AvgIpc) is 3.25. The Labute approximate surface area is 204 Å². The molecule has 0 unspecified atom stereocenters. The quantitative estimate of drug-likeness (QED) is 0.270. The van der Waals surface area contributed by atoms with E-state index in [1.165, 1.54) is 12.0 Å². The van der Waals surface area contributed by atoms with Crippen LogP contribution in [0.4, 0.5) is 0 Å². The summed E-state index contributed by atoms with van der Waals surface area (Å²) in [6.45, 7) is 5.73. The van der Waals surface area contributed by atoms with E-state index in [4.69, 9.17) is 16.0 Å². The van der Waals surface area contributed by atoms with E-state index < -0.39 is 47.4 Å². The lowest BCUT2D eigenvalue weighted by Crippen LogP contribution is -2.58. The van der Waals surface area contributed by atoms with Gasteiger partial charge in [-0.1, -0.05) is 68.4 Å². The molecular weight excluding hydrogens is 448 g/mol. The number of nitrogens with one attached hydrogen (secondary N) is 1. The molecule has 1 aliphatic heterocycles. The number of nitrogens with two attached hydrogens (primary N) is 1. The molecule has 0 bridgehead atoms. The third-order valence-corrected chi connectivity index (χ3v) is 6.37. The predicted molar refractivity (Wildman–Crippen MR) is 132 cm³/mol. The van der Waals surface area contributed by atoms with E-state index in [9.17, 15) is 14.4 Å². The summed E-state index contributed by atoms with van der Waals surface area (Å²) < 4.78 is 4.93. The molecule has 3 N–H and O–H groups in total. The van der Waals surface area contributed by atoms with E-state index in [0.29, 0.717) is 6.42 Å². The average molecular weight is 481 g/mol. The van der Waals surface area contributed by atoms with Crippen LogP contribution in [0.3, 0.4) is 0 Å². The zero-order valence-corrected chi connectivity index (χ0v) is 20.5. The maximum absolute atomic E-state index is 13.4. The molecule has 4 atom stereocenters. The van der Waals surface area contributed by atoms with Crippen molar-refractivity contribution in [1.82, 2.24) is 10.2 Å². The van der Waals surface area contributed by atoms with Crippen LogP contribution in [0.15, 0.2) is 47.6 Å². The predicted octanol–water partition coefficient (Wildman–Crippen LogP) is 2.69. The molecule has 2 aromatic rings. The SMILES string of the molecule is COC(=O)[C@H](Cc1ccc2ccccc2c1)NC(=O)[C@@H]1[C@H](N=[N+]=[N-])CCN1C(=O)[C@@H](N)C(C)(C)C. The normalized spacial score (nSPS) is 19.5. The summed E-state index contributed by atoms with van der Waals surface area (Å²) >= 11 is 0. The molecule has 2 amide bonds. The number of methoxy groups -OCH3 is 1. The number of azide groups is 1. The lowest BCUT2D eigenvalue weighted by Gasteiger charge is -2.33. The number of benzene rings is 2. The van der Waals surface area contributed by atoms with Crippen LogP contribution >= 0.6 is 0 Å². The van der Waals surface area contributed by atoms with Crippen molar-refractivity contribution in [2.75, 3.05) is 13.7 Å². The molecule has 186 valence electrons. The highest BCUT2D eigenvalue weighted by Gasteiger charge is 2.45. The Hall–Kier alpha value is -3.62. The molecule has 1 saturated heterocycles. The molecule has 2 aromatic carbocycles. The minimum atomic E-state index is -1.07. The van der Waals surface area contributed by atoms with E-state index in [0.717, 1.165) is 16.3 Å². The minimum Gasteiger partial charge on any atom is -0.467 e. The van der Waals surface area contributed by atoms with Crippen molar-refractivity contribution in [1.29, 1.82) is 0 Å². The summed E-state index contributed by atoms with van der Waals surface area (Å²) in [5.41, 5.74) is 15.5. The van der Waals surface area contributed by atoms with Gasteiger partial charge in [-0.15, -0.1) is 0 Å². The molecule has 3 rings (SSSR count). The number of amides is 2. The van der Waals surface area contributed by atoms with Crippen LogP contribution in [0.25, 0.3) is 21.2 Å². The van der Waals surface area contributed by atoms with Gasteiger partial charge in [0.2, 0.25) is 11.8 Å². The summed E-state index contributed by atoms with van der Waals surface area (Å²) in [6.07, 6.45) is 0.510. The number of carbonyl (C=O) groups is 3. The first-order chi connectivity index (χ1) is 16.6. The van der Waals surface area contributed by atoms with Crippen molar-refractivity contribution in [3.05, 3.63) is 58.5 Å². The van der Waals surface area contributed by atoms with Gasteiger partial charge >= 0.3 is 5.97 Å². The summed E-state index contributed by atoms with van der Waals surface area (Å²) in [5.74, 6) is -1.61. The van der Waals surface area contributed by atoms with Gasteiger partial charge in [0.15, 0.2) is 0 Å². The minimum absolute atomic E-state index is 0.192. The van der Waals surface area contributed by atoms with Gasteiger partial charge in [-0.05, 0) is 33.7 Å². The summed E-state index contributed by atoms with van der Waals surface area (Å²) in [7, 11) is 1.25. The van der Waals surface area contributed by atoms with Gasteiger partial charge in [0.1, 0.15) is 12.1 Å². The molecule has 0 radical (unpaired) electrons. The molecule has 0 aliphatic carbocycles. The molecule has 1 heterocycles. The van der Waals surface area contributed by atoms with Gasteiger partial charge in [0.05, 0.1) is 19.2 Å². The second kappa shape index (κ2) is 10.8. The zero-order chi connectivity index (χ0) is 25.8. The number of fused-ring (bicyclic) bond motifs is 1. The lowest BCUT2D eigenvalue weighted by molar-refractivity contribution is -0.146. The third-order valence-electron chi connectivity index (χ3n) is 6.37. The monoisotopic (exact) mass is 480 g/mol. The van der Waals surface area contributed by atoms with Crippen LogP contribution < -0.4 is 11.1 Å². The highest BCUT2D eigenvalue weighted by atomic mass is 16.5. The second-order valence-electron chi connectivity index (χ2n) is 9.85. The highest BCUT2D eigenvalue weighted by Crippen LogP contribution is 2.27. The maximum atomic E-state index is 13.4. The molecule has 1 aliphatic rings. The van der Waals surface area contributed by atoms with Gasteiger partial charge in [-0.2, -0.15) is 0 Å². The summed E-state index contributed by atoms with van der Waals surface area (Å²) in [6, 6.07) is 9.93. The highest BCUT2D eigenvalue weighted by molar-refractivity contribution is 5.93. The smallest absolute Gasteiger partial charge is 0.328 e. The molecule has 1 fully saturated rings. The largest absolute Gasteiger partial charge is 0.467 e. The Morgan fingerprint density at radius 3 is 2.54 bits per heavy atom. The lowest BCUT2D eigenvalue weighted by atomic mass is 9.86. The van der Waals surface area contributed by atoms with Gasteiger partial charge in [0, 0.05) is 17.9 Å². The van der Waals surface area contributed by atoms with Crippen LogP contribution in [-0.4, -0.2) is 60.5 Å². The van der Waals surface area contributed by atoms with Crippen LogP contribution in [0, 0.1) is 5.41 Å². The van der Waals surface area contributed by atoms with Crippen LogP contribution in [-0.2, 0) is 25.5 Å². The second-order valence-corrected chi connectivity index (χ2v) is 9.85. The fourth-order valence-electron chi connectivity index (χ4n) is 4.27. The van der Waals surface area contributed by atoms with E-state index >= 15 is 0 Å². The number of ether oxygens (including phenoxy) is 1. The van der Waals surface area contributed by atoms with Gasteiger partial charge < -0.3 is 20.7 Å². The number of hydrogen-bond donors (Lipinski definition) is 2. The zero-order valence-electron chi connectivity index (χ0n) is 20.5. The summed E-state index contributed by atoms with van der Waals surface area (Å²) in [5, 5.41) is 8.53. The van der Waals surface area contributed by atoms with Gasteiger partial charge in [-0.3, -0.25) is 9.59 Å². The first-order valence-corrected chi connectivity index (χ1v) is 11.5. The van der Waals surface area contributed by atoms with E-state index in [-0.39, 0.29) is 13.0 Å². The van der Waals surface area contributed by atoms with Gasteiger partial charge in [0.25, 0.3) is 0 Å². The van der Waals surface area contributed by atoms with Crippen molar-refractivity contribution in [3.8, 4) is 0 Å². The van der Waals surface area contributed by atoms with E-state index in [1.54, 1.807) is 0 Å². The Morgan fingerprint density at radius 1 is 1.23 bits per heavy atom. The Morgan fingerprint density at radius 2 is 1.91 bits per heavy atom. The maximum Gasteiger partial charge on any atom is 0.328 e. The first-order valence-electron chi connectivity index (χ1n) is 11.5. The molecule has 0 aromatic heterocycles. The number of likely N-dealkylation sites (tertiary alicyclic amines) is 1. The number of hydrogen-bond acceptors (Lipinski definition) is 6. The molecule has 0 saturated carbocycles. The molecular formula is C25H32N6O4. The molecule has 0 spiro atoms. The van der Waals surface area contributed by atoms with Crippen molar-refractivity contribution in [2.45, 2.75) is 57.8 Å². The number of esters is 1. The Balaban J connectivity index is 1.85. The van der Waals surface area contributed by atoms with Crippen molar-refractivity contribution >= 4 is 28.6 Å². The van der Waals surface area contributed by atoms with Crippen LogP contribution in [0.5, 0.6) is 0 Å². The van der Waals surface area contributed by atoms with E-state index in [1.807, 2.05) is 63.2 Å². The molecule has 10 heteroatoms. The first kappa shape index (κ1) is 26.0. The molecule has 35 heavy (non-hydrogen) atoms. The van der Waals surface area contributed by atoms with Crippen LogP contribution in [0.2, 0.25) is 0 Å². The number of rotatable bonds is 7. The third kappa shape index (κ3) is 5.90. The summed E-state index contributed by atoms with van der Waals surface area (Å²) in [4.78, 5) is 43.3. The molecule has 10 nitrogen and oxygen atoms in total. The topological polar surface area (TPSA) is 150 Å².